The molecule has 4 heterocycles. The predicted octanol–water partition coefficient (Wildman–Crippen LogP) is 4.45. The van der Waals surface area contributed by atoms with Crippen molar-refractivity contribution in [1.29, 1.82) is 0 Å². The normalized spacial score (nSPS) is 16.5. The summed E-state index contributed by atoms with van der Waals surface area (Å²) >= 11 is 0. The van der Waals surface area contributed by atoms with Crippen LogP contribution < -0.4 is 10.2 Å². The molecular weight excluding hydrogens is 472 g/mol. The summed E-state index contributed by atoms with van der Waals surface area (Å²) in [4.78, 5) is 31.9. The van der Waals surface area contributed by atoms with Crippen LogP contribution in [0.3, 0.4) is 0 Å². The molecule has 0 spiro atoms. The van der Waals surface area contributed by atoms with Crippen molar-refractivity contribution in [2.75, 3.05) is 16.8 Å². The largest absolute Gasteiger partial charge is 0.444 e. The van der Waals surface area contributed by atoms with Crippen LogP contribution in [0.4, 0.5) is 48.7 Å². The molecule has 178 valence electrons. The van der Waals surface area contributed by atoms with Crippen LogP contribution in [0.15, 0.2) is 36.5 Å². The highest BCUT2D eigenvalue weighted by Gasteiger charge is 2.35. The van der Waals surface area contributed by atoms with Gasteiger partial charge >= 0.3 is 18.4 Å². The summed E-state index contributed by atoms with van der Waals surface area (Å²) in [6.45, 7) is 1.63. The Balaban J connectivity index is 1.78. The number of hydrogen-bond acceptors (Lipinski definition) is 8. The Morgan fingerprint density at radius 3 is 2.38 bits per heavy atom. The molecule has 1 atom stereocenters. The minimum absolute atomic E-state index is 0.0330. The van der Waals surface area contributed by atoms with Crippen molar-refractivity contribution >= 4 is 23.7 Å². The van der Waals surface area contributed by atoms with Gasteiger partial charge in [-0.05, 0) is 31.2 Å². The van der Waals surface area contributed by atoms with Gasteiger partial charge in [0, 0.05) is 11.9 Å². The van der Waals surface area contributed by atoms with E-state index in [9.17, 15) is 31.1 Å². The molecule has 3 aromatic heterocycles. The van der Waals surface area contributed by atoms with E-state index in [0.29, 0.717) is 6.07 Å². The van der Waals surface area contributed by atoms with E-state index in [-0.39, 0.29) is 35.6 Å². The highest BCUT2D eigenvalue weighted by atomic mass is 19.4. The van der Waals surface area contributed by atoms with Gasteiger partial charge in [-0.2, -0.15) is 41.3 Å². The number of nitrogens with one attached hydrogen (secondary N) is 1. The zero-order chi connectivity index (χ0) is 24.7. The van der Waals surface area contributed by atoms with Gasteiger partial charge in [-0.1, -0.05) is 6.07 Å². The number of alkyl halides is 6. The molecule has 1 unspecified atom stereocenters. The van der Waals surface area contributed by atoms with Crippen LogP contribution >= 0.6 is 0 Å². The number of rotatable bonds is 4. The van der Waals surface area contributed by atoms with Gasteiger partial charge in [0.2, 0.25) is 11.9 Å². The summed E-state index contributed by atoms with van der Waals surface area (Å²) in [7, 11) is 0. The number of carbonyl (C=O) groups is 1. The fourth-order valence-corrected chi connectivity index (χ4v) is 2.93. The standard InChI is InChI=1S/C19H13F6N7O2/c1-9-8-32(17(33)34-9)16-30-14(11-3-2-4-12(28-11)18(20,21)22)29-15(31-16)27-10-5-6-26-13(7-10)19(23,24)25/h2-7,9H,8H2,1H3,(H,26,27,29,30,31). The Labute approximate surface area is 186 Å². The lowest BCUT2D eigenvalue weighted by Crippen LogP contribution is -2.27. The molecule has 1 saturated heterocycles. The summed E-state index contributed by atoms with van der Waals surface area (Å²) in [5.41, 5.74) is -2.81. The van der Waals surface area contributed by atoms with Crippen LogP contribution in [-0.2, 0) is 17.1 Å². The number of aromatic nitrogens is 5. The van der Waals surface area contributed by atoms with Crippen molar-refractivity contribution in [1.82, 2.24) is 24.9 Å². The molecule has 9 nitrogen and oxygen atoms in total. The van der Waals surface area contributed by atoms with E-state index in [1.807, 2.05) is 0 Å². The van der Waals surface area contributed by atoms with Crippen molar-refractivity contribution in [3.8, 4) is 11.5 Å². The first kappa shape index (κ1) is 23.1. The van der Waals surface area contributed by atoms with Crippen LogP contribution in [0.2, 0.25) is 0 Å². The summed E-state index contributed by atoms with van der Waals surface area (Å²) in [5, 5.41) is 2.53. The molecule has 1 N–H and O–H groups in total. The second-order valence-corrected chi connectivity index (χ2v) is 7.05. The second kappa shape index (κ2) is 8.39. The Hall–Kier alpha value is -4.04. The number of hydrogen-bond donors (Lipinski definition) is 1. The Bertz CT molecular complexity index is 1230. The number of pyridine rings is 2. The molecule has 1 aliphatic heterocycles. The highest BCUT2D eigenvalue weighted by molar-refractivity contribution is 5.88. The first-order valence-electron chi connectivity index (χ1n) is 9.49. The van der Waals surface area contributed by atoms with Crippen molar-refractivity contribution in [2.24, 2.45) is 0 Å². The minimum Gasteiger partial charge on any atom is -0.444 e. The van der Waals surface area contributed by atoms with Crippen LogP contribution in [-0.4, -0.2) is 43.7 Å². The van der Waals surface area contributed by atoms with Gasteiger partial charge in [0.05, 0.1) is 6.54 Å². The third-order valence-electron chi connectivity index (χ3n) is 4.40. The molecule has 1 aliphatic rings. The number of amides is 1. The minimum atomic E-state index is -4.74. The fourth-order valence-electron chi connectivity index (χ4n) is 2.93. The zero-order valence-electron chi connectivity index (χ0n) is 17.0. The van der Waals surface area contributed by atoms with E-state index >= 15 is 0 Å². The summed E-state index contributed by atoms with van der Waals surface area (Å²) < 4.78 is 83.3. The third-order valence-corrected chi connectivity index (χ3v) is 4.40. The van der Waals surface area contributed by atoms with Gasteiger partial charge in [0.1, 0.15) is 23.2 Å². The average molecular weight is 485 g/mol. The fraction of sp³-hybridized carbons (Fsp3) is 0.263. The predicted molar refractivity (Wildman–Crippen MR) is 104 cm³/mol. The number of carbonyl (C=O) groups excluding carboxylic acids is 1. The van der Waals surface area contributed by atoms with Gasteiger partial charge < -0.3 is 10.1 Å². The SMILES string of the molecule is CC1CN(c2nc(Nc3ccnc(C(F)(F)F)c3)nc(-c3cccc(C(F)(F)F)n3)n2)C(=O)O1. The van der Waals surface area contributed by atoms with Gasteiger partial charge in [-0.3, -0.25) is 4.98 Å². The lowest BCUT2D eigenvalue weighted by molar-refractivity contribution is -0.141. The van der Waals surface area contributed by atoms with Gasteiger partial charge in [0.25, 0.3) is 0 Å². The van der Waals surface area contributed by atoms with E-state index < -0.39 is 35.9 Å². The van der Waals surface area contributed by atoms with Crippen LogP contribution in [0.25, 0.3) is 11.5 Å². The Morgan fingerprint density at radius 2 is 1.74 bits per heavy atom. The molecule has 0 aliphatic carbocycles. The first-order chi connectivity index (χ1) is 15.9. The molecule has 1 fully saturated rings. The number of ether oxygens (including phenoxy) is 1. The van der Waals surface area contributed by atoms with E-state index in [1.165, 1.54) is 12.1 Å². The molecule has 15 heteroatoms. The molecule has 1 amide bonds. The molecule has 34 heavy (non-hydrogen) atoms. The van der Waals surface area contributed by atoms with Crippen molar-refractivity contribution in [3.63, 3.8) is 0 Å². The van der Waals surface area contributed by atoms with Crippen LogP contribution in [0.1, 0.15) is 18.3 Å². The maximum absolute atomic E-state index is 13.1. The van der Waals surface area contributed by atoms with Crippen molar-refractivity contribution in [3.05, 3.63) is 47.9 Å². The van der Waals surface area contributed by atoms with Crippen molar-refractivity contribution in [2.45, 2.75) is 25.4 Å². The molecule has 0 bridgehead atoms. The average Bonchev–Trinajstić information content (AvgIpc) is 3.10. The summed E-state index contributed by atoms with van der Waals surface area (Å²) in [6.07, 6.45) is -9.89. The number of anilines is 3. The summed E-state index contributed by atoms with van der Waals surface area (Å²) in [5.74, 6) is -0.979. The molecule has 3 aromatic rings. The van der Waals surface area contributed by atoms with E-state index in [4.69, 9.17) is 4.74 Å². The number of nitrogens with zero attached hydrogens (tertiary/aromatic N) is 6. The Kier molecular flexibility index (Phi) is 5.70. The number of halogens is 6. The lowest BCUT2D eigenvalue weighted by atomic mass is 10.3. The van der Waals surface area contributed by atoms with Crippen LogP contribution in [0.5, 0.6) is 0 Å². The molecule has 0 aromatic carbocycles. The zero-order valence-corrected chi connectivity index (χ0v) is 17.0. The smallest absolute Gasteiger partial charge is 0.433 e. The van der Waals surface area contributed by atoms with Crippen LogP contribution in [0, 0.1) is 0 Å². The molecule has 4 rings (SSSR count). The lowest BCUT2D eigenvalue weighted by Gasteiger charge is -2.14. The quantitative estimate of drug-likeness (QED) is 0.541. The Morgan fingerprint density at radius 1 is 1.00 bits per heavy atom. The van der Waals surface area contributed by atoms with E-state index in [1.54, 1.807) is 6.92 Å². The van der Waals surface area contributed by atoms with Crippen molar-refractivity contribution < 1.29 is 35.9 Å². The van der Waals surface area contributed by atoms with E-state index in [0.717, 1.165) is 23.2 Å². The highest BCUT2D eigenvalue weighted by Crippen LogP contribution is 2.31. The maximum atomic E-state index is 13.1. The monoisotopic (exact) mass is 485 g/mol. The molecule has 0 radical (unpaired) electrons. The van der Waals surface area contributed by atoms with Gasteiger partial charge in [-0.15, -0.1) is 0 Å². The van der Waals surface area contributed by atoms with Gasteiger partial charge in [-0.25, -0.2) is 14.7 Å². The second-order valence-electron chi connectivity index (χ2n) is 7.05. The van der Waals surface area contributed by atoms with E-state index in [2.05, 4.69) is 30.2 Å². The topological polar surface area (TPSA) is 106 Å². The summed E-state index contributed by atoms with van der Waals surface area (Å²) in [6, 6.07) is 4.94. The number of cyclic esters (lactones) is 1. The molecular formula is C19H13F6N7O2. The third kappa shape index (κ3) is 4.97. The van der Waals surface area contributed by atoms with Gasteiger partial charge in [0.15, 0.2) is 5.82 Å². The maximum Gasteiger partial charge on any atom is 0.433 e. The first-order valence-corrected chi connectivity index (χ1v) is 9.49. The molecule has 0 saturated carbocycles.